The van der Waals surface area contributed by atoms with E-state index >= 15 is 0 Å². The fraction of sp³-hybridized carbons (Fsp3) is 0. The summed E-state index contributed by atoms with van der Waals surface area (Å²) >= 11 is 0. The molecule has 9 rings (SSSR count). The van der Waals surface area contributed by atoms with Gasteiger partial charge in [0, 0.05) is 45.2 Å². The van der Waals surface area contributed by atoms with Crippen LogP contribution in [-0.4, -0.2) is 19.4 Å². The van der Waals surface area contributed by atoms with Gasteiger partial charge in [0.15, 0.2) is 0 Å². The summed E-state index contributed by atoms with van der Waals surface area (Å²) in [5.74, 6) is 0. The van der Waals surface area contributed by atoms with E-state index in [-0.39, 0.29) is 0 Å². The Morgan fingerprint density at radius 2 is 1.07 bits per heavy atom. The number of benzene rings is 5. The monoisotopic (exact) mass is 574 g/mol. The maximum Gasteiger partial charge on any atom is 0.138 e. The summed E-state index contributed by atoms with van der Waals surface area (Å²) in [5.41, 5.74) is 11.3. The highest BCUT2D eigenvalue weighted by Gasteiger charge is 2.15. The number of fused-ring (bicyclic) bond motifs is 6. The van der Waals surface area contributed by atoms with Crippen LogP contribution in [0.5, 0.6) is 0 Å². The lowest BCUT2D eigenvalue weighted by atomic mass is 9.95. The lowest BCUT2D eigenvalue weighted by Crippen LogP contribution is -1.93. The van der Waals surface area contributed by atoms with E-state index in [1.165, 1.54) is 5.39 Å². The number of nitrogens with zero attached hydrogens (tertiary/aromatic N) is 4. The Labute approximate surface area is 259 Å². The van der Waals surface area contributed by atoms with Crippen molar-refractivity contribution in [2.24, 2.45) is 0 Å². The minimum atomic E-state index is 0.923. The van der Waals surface area contributed by atoms with Crippen LogP contribution in [0.4, 0.5) is 0 Å². The molecule has 4 heterocycles. The van der Waals surface area contributed by atoms with Gasteiger partial charge in [-0.1, -0.05) is 109 Å². The molecule has 45 heavy (non-hydrogen) atoms. The van der Waals surface area contributed by atoms with E-state index in [0.29, 0.717) is 0 Å². The Hall–Kier alpha value is -6.13. The van der Waals surface area contributed by atoms with Crippen molar-refractivity contribution in [2.75, 3.05) is 0 Å². The van der Waals surface area contributed by atoms with Gasteiger partial charge < -0.3 is 4.40 Å². The smallest absolute Gasteiger partial charge is 0.138 e. The summed E-state index contributed by atoms with van der Waals surface area (Å²) in [6.45, 7) is 0. The van der Waals surface area contributed by atoms with Crippen molar-refractivity contribution in [3.8, 4) is 44.9 Å². The molecule has 0 aliphatic heterocycles. The molecular weight excluding hydrogens is 548 g/mol. The summed E-state index contributed by atoms with van der Waals surface area (Å²) in [6.07, 6.45) is 4.16. The number of rotatable bonds is 4. The van der Waals surface area contributed by atoms with Crippen molar-refractivity contribution in [1.82, 2.24) is 19.4 Å². The molecule has 0 saturated carbocycles. The minimum Gasteiger partial charge on any atom is -0.306 e. The molecule has 0 radical (unpaired) electrons. The fourth-order valence-electron chi connectivity index (χ4n) is 6.37. The third kappa shape index (κ3) is 4.35. The Bertz CT molecular complexity index is 2520. The van der Waals surface area contributed by atoms with Crippen LogP contribution in [0.15, 0.2) is 158 Å². The summed E-state index contributed by atoms with van der Waals surface area (Å²) < 4.78 is 2.08. The van der Waals surface area contributed by atoms with E-state index in [4.69, 9.17) is 15.0 Å². The van der Waals surface area contributed by atoms with E-state index in [2.05, 4.69) is 138 Å². The number of imidazole rings is 1. The second-order valence-electron chi connectivity index (χ2n) is 11.3. The van der Waals surface area contributed by atoms with Gasteiger partial charge >= 0.3 is 0 Å². The molecule has 0 atom stereocenters. The fourth-order valence-corrected chi connectivity index (χ4v) is 6.37. The lowest BCUT2D eigenvalue weighted by Gasteiger charge is -2.14. The third-order valence-electron chi connectivity index (χ3n) is 8.63. The quantitative estimate of drug-likeness (QED) is 0.196. The molecule has 0 bridgehead atoms. The Morgan fingerprint density at radius 1 is 0.400 bits per heavy atom. The second kappa shape index (κ2) is 10.2. The van der Waals surface area contributed by atoms with E-state index in [1.54, 1.807) is 0 Å². The highest BCUT2D eigenvalue weighted by Crippen LogP contribution is 2.38. The van der Waals surface area contributed by atoms with Crippen molar-refractivity contribution in [2.45, 2.75) is 0 Å². The second-order valence-corrected chi connectivity index (χ2v) is 11.3. The molecule has 4 heteroatoms. The molecule has 0 N–H and O–H groups in total. The molecule has 4 nitrogen and oxygen atoms in total. The summed E-state index contributed by atoms with van der Waals surface area (Å²) in [4.78, 5) is 15.2. The molecule has 0 aliphatic carbocycles. The van der Waals surface area contributed by atoms with Gasteiger partial charge in [0.1, 0.15) is 5.65 Å². The Morgan fingerprint density at radius 3 is 1.87 bits per heavy atom. The Kier molecular flexibility index (Phi) is 5.78. The molecule has 0 aliphatic rings. The van der Waals surface area contributed by atoms with Crippen molar-refractivity contribution in [3.05, 3.63) is 158 Å². The van der Waals surface area contributed by atoms with Gasteiger partial charge in [-0.15, -0.1) is 0 Å². The van der Waals surface area contributed by atoms with E-state index in [0.717, 1.165) is 77.7 Å². The van der Waals surface area contributed by atoms with Crippen molar-refractivity contribution < 1.29 is 0 Å². The van der Waals surface area contributed by atoms with Crippen LogP contribution in [0.25, 0.3) is 83.1 Å². The van der Waals surface area contributed by atoms with Crippen LogP contribution in [0.1, 0.15) is 0 Å². The van der Waals surface area contributed by atoms with E-state index in [1.807, 2.05) is 24.3 Å². The maximum atomic E-state index is 5.24. The molecule has 0 fully saturated rings. The molecule has 0 saturated heterocycles. The predicted octanol–water partition coefficient (Wildman–Crippen LogP) is 10.3. The molecule has 9 aromatic rings. The van der Waals surface area contributed by atoms with Crippen molar-refractivity contribution >= 4 is 38.2 Å². The summed E-state index contributed by atoms with van der Waals surface area (Å²) in [5, 5.41) is 4.55. The number of aromatic nitrogens is 4. The molecule has 4 aromatic heterocycles. The van der Waals surface area contributed by atoms with Crippen molar-refractivity contribution in [3.63, 3.8) is 0 Å². The van der Waals surface area contributed by atoms with Crippen LogP contribution in [0.2, 0.25) is 0 Å². The SMILES string of the molecule is c1ccc(-c2ccc3c(ccc4c5ccccc5nc(-c5ccc(-c6ccn7cc(-c8ccccc8)nc7c6)cc5)c34)n2)cc1. The first-order valence-corrected chi connectivity index (χ1v) is 15.1. The van der Waals surface area contributed by atoms with Gasteiger partial charge in [-0.25, -0.2) is 15.0 Å². The average Bonchev–Trinajstić information content (AvgIpc) is 3.55. The summed E-state index contributed by atoms with van der Waals surface area (Å²) in [7, 11) is 0. The van der Waals surface area contributed by atoms with Crippen molar-refractivity contribution in [1.29, 1.82) is 0 Å². The number of hydrogen-bond donors (Lipinski definition) is 0. The third-order valence-corrected chi connectivity index (χ3v) is 8.63. The largest absolute Gasteiger partial charge is 0.306 e. The highest BCUT2D eigenvalue weighted by atomic mass is 15.0. The van der Waals surface area contributed by atoms with Gasteiger partial charge in [0.25, 0.3) is 0 Å². The highest BCUT2D eigenvalue weighted by molar-refractivity contribution is 6.20. The molecule has 210 valence electrons. The lowest BCUT2D eigenvalue weighted by molar-refractivity contribution is 1.19. The zero-order valence-electron chi connectivity index (χ0n) is 24.3. The standard InChI is InChI=1S/C41H26N4/c1-3-9-28(10-4-1)35-21-20-34-37(42-35)22-19-33-32-13-7-8-14-36(32)44-41(40(33)34)30-17-15-27(16-18-30)31-23-24-45-26-38(43-39(45)25-31)29-11-5-2-6-12-29/h1-26H. The first-order valence-electron chi connectivity index (χ1n) is 15.1. The average molecular weight is 575 g/mol. The zero-order chi connectivity index (χ0) is 29.7. The molecule has 5 aromatic carbocycles. The van der Waals surface area contributed by atoms with E-state index in [9.17, 15) is 0 Å². The number of para-hydroxylation sites is 1. The molecular formula is C41H26N4. The first-order chi connectivity index (χ1) is 22.3. The van der Waals surface area contributed by atoms with Gasteiger partial charge in [-0.3, -0.25) is 0 Å². The normalized spacial score (nSPS) is 11.6. The minimum absolute atomic E-state index is 0.923. The predicted molar refractivity (Wildman–Crippen MR) is 185 cm³/mol. The molecule has 0 amide bonds. The first kappa shape index (κ1) is 25.4. The van der Waals surface area contributed by atoms with Gasteiger partial charge in [-0.05, 0) is 52.9 Å². The number of hydrogen-bond acceptors (Lipinski definition) is 3. The van der Waals surface area contributed by atoms with Gasteiger partial charge in [0.05, 0.1) is 28.1 Å². The topological polar surface area (TPSA) is 43.1 Å². The van der Waals surface area contributed by atoms with Gasteiger partial charge in [-0.2, -0.15) is 0 Å². The summed E-state index contributed by atoms with van der Waals surface area (Å²) in [6, 6.07) is 50.7. The zero-order valence-corrected chi connectivity index (χ0v) is 24.3. The van der Waals surface area contributed by atoms with Crippen LogP contribution in [-0.2, 0) is 0 Å². The van der Waals surface area contributed by atoms with Gasteiger partial charge in [0.2, 0.25) is 0 Å². The van der Waals surface area contributed by atoms with E-state index < -0.39 is 0 Å². The molecule has 0 unspecified atom stereocenters. The molecule has 0 spiro atoms. The Balaban J connectivity index is 1.17. The maximum absolute atomic E-state index is 5.24. The van der Waals surface area contributed by atoms with Crippen LogP contribution in [0, 0.1) is 0 Å². The number of pyridine rings is 3. The van der Waals surface area contributed by atoms with Crippen LogP contribution in [0.3, 0.4) is 0 Å². The van der Waals surface area contributed by atoms with Crippen LogP contribution < -0.4 is 0 Å². The van der Waals surface area contributed by atoms with Crippen LogP contribution >= 0.6 is 0 Å².